The smallest absolute Gasteiger partial charge is 0.258 e. The second-order valence-electron chi connectivity index (χ2n) is 9.62. The van der Waals surface area contributed by atoms with Crippen molar-refractivity contribution in [3.05, 3.63) is 39.8 Å². The van der Waals surface area contributed by atoms with Crippen LogP contribution in [0.15, 0.2) is 23.0 Å². The molecular formula is C25H35N3O4. The molecule has 1 N–H and O–H groups in total. The standard InChI is InChI=1S/C25H35N3O4/c1-2-10-27-21-15-28-20(9-8-18(24(28)30)17-6-4-3-5-7-17)23(27)22(19(21)16-29)25(31)26-11-13-32-14-12-26/h6,8-9,19,21-23,29H,2-5,7,10-16H2,1H3/t19-,21-,22+,23+/m1/s1. The SMILES string of the molecule is CCCN1[C@@H]2Cn3c(ccc(C4=CCCCC4)c3=O)[C@H]1[C@@H](C(=O)N1CCOCC1)[C@@H]2CO. The van der Waals surface area contributed by atoms with Crippen LogP contribution >= 0.6 is 0 Å². The maximum Gasteiger partial charge on any atom is 0.258 e. The van der Waals surface area contributed by atoms with Crippen LogP contribution in [0, 0.1) is 11.8 Å². The van der Waals surface area contributed by atoms with E-state index in [4.69, 9.17) is 4.74 Å². The van der Waals surface area contributed by atoms with Gasteiger partial charge in [-0.15, -0.1) is 0 Å². The summed E-state index contributed by atoms with van der Waals surface area (Å²) in [4.78, 5) is 31.6. The van der Waals surface area contributed by atoms with Crippen LogP contribution in [0.4, 0.5) is 0 Å². The molecule has 7 heteroatoms. The maximum absolute atomic E-state index is 13.7. The molecule has 0 saturated carbocycles. The lowest BCUT2D eigenvalue weighted by molar-refractivity contribution is -0.142. The molecule has 4 aliphatic rings. The van der Waals surface area contributed by atoms with E-state index in [-0.39, 0.29) is 42.0 Å². The third kappa shape index (κ3) is 3.55. The first-order chi connectivity index (χ1) is 15.7. The van der Waals surface area contributed by atoms with E-state index >= 15 is 0 Å². The maximum atomic E-state index is 13.7. The summed E-state index contributed by atoms with van der Waals surface area (Å²) in [5.41, 5.74) is 2.98. The highest BCUT2D eigenvalue weighted by Gasteiger charge is 2.56. The number of aliphatic hydroxyl groups excluding tert-OH is 1. The van der Waals surface area contributed by atoms with E-state index in [9.17, 15) is 14.7 Å². The van der Waals surface area contributed by atoms with E-state index in [1.807, 2.05) is 15.5 Å². The van der Waals surface area contributed by atoms with Crippen LogP contribution in [0.3, 0.4) is 0 Å². The van der Waals surface area contributed by atoms with Gasteiger partial charge in [0.05, 0.1) is 25.2 Å². The highest BCUT2D eigenvalue weighted by molar-refractivity contribution is 5.81. The molecule has 32 heavy (non-hydrogen) atoms. The molecule has 2 saturated heterocycles. The normalized spacial score (nSPS) is 30.2. The van der Waals surface area contributed by atoms with Crippen molar-refractivity contribution in [1.82, 2.24) is 14.4 Å². The number of hydrogen-bond donors (Lipinski definition) is 1. The fourth-order valence-corrected chi connectivity index (χ4v) is 6.39. The van der Waals surface area contributed by atoms with Crippen molar-refractivity contribution in [2.24, 2.45) is 11.8 Å². The molecule has 2 bridgehead atoms. The number of ether oxygens (including phenoxy) is 1. The van der Waals surface area contributed by atoms with E-state index in [1.54, 1.807) is 0 Å². The third-order valence-corrected chi connectivity index (χ3v) is 7.90. The monoisotopic (exact) mass is 441 g/mol. The molecule has 7 nitrogen and oxygen atoms in total. The molecule has 2 fully saturated rings. The Hall–Kier alpha value is -1.96. The Kier molecular flexibility index (Phi) is 6.23. The Balaban J connectivity index is 1.57. The number of morpholine rings is 1. The second kappa shape index (κ2) is 9.12. The van der Waals surface area contributed by atoms with Gasteiger partial charge in [-0.2, -0.15) is 0 Å². The van der Waals surface area contributed by atoms with Gasteiger partial charge in [-0.3, -0.25) is 14.5 Å². The van der Waals surface area contributed by atoms with Crippen LogP contribution in [0.5, 0.6) is 0 Å². The molecule has 0 spiro atoms. The van der Waals surface area contributed by atoms with Crippen molar-refractivity contribution >= 4 is 11.5 Å². The Morgan fingerprint density at radius 1 is 1.22 bits per heavy atom. The summed E-state index contributed by atoms with van der Waals surface area (Å²) >= 11 is 0. The Bertz CT molecular complexity index is 949. The summed E-state index contributed by atoms with van der Waals surface area (Å²) in [7, 11) is 0. The van der Waals surface area contributed by atoms with Gasteiger partial charge < -0.3 is 19.3 Å². The Labute approximate surface area is 189 Å². The lowest BCUT2D eigenvalue weighted by Gasteiger charge is -2.38. The average Bonchev–Trinajstić information content (AvgIpc) is 3.04. The number of carbonyl (C=O) groups excluding carboxylic acids is 1. The van der Waals surface area contributed by atoms with E-state index < -0.39 is 0 Å². The quantitative estimate of drug-likeness (QED) is 0.757. The molecule has 4 atom stereocenters. The number of carbonyl (C=O) groups is 1. The minimum Gasteiger partial charge on any atom is -0.396 e. The first kappa shape index (κ1) is 21.9. The van der Waals surface area contributed by atoms with Crippen molar-refractivity contribution in [1.29, 1.82) is 0 Å². The highest BCUT2D eigenvalue weighted by Crippen LogP contribution is 2.49. The number of hydrogen-bond acceptors (Lipinski definition) is 5. The highest BCUT2D eigenvalue weighted by atomic mass is 16.5. The van der Waals surface area contributed by atoms with Gasteiger partial charge in [0.25, 0.3) is 5.56 Å². The van der Waals surface area contributed by atoms with E-state index in [0.29, 0.717) is 32.8 Å². The molecule has 1 aromatic rings. The molecule has 5 rings (SSSR count). The number of rotatable bonds is 5. The molecule has 3 aliphatic heterocycles. The number of amides is 1. The summed E-state index contributed by atoms with van der Waals surface area (Å²) in [6.45, 7) is 5.82. The molecule has 1 aliphatic carbocycles. The van der Waals surface area contributed by atoms with Crippen LogP contribution in [-0.4, -0.2) is 70.9 Å². The van der Waals surface area contributed by atoms with Gasteiger partial charge in [0, 0.05) is 49.5 Å². The molecule has 4 heterocycles. The van der Waals surface area contributed by atoms with Gasteiger partial charge in [-0.1, -0.05) is 13.0 Å². The summed E-state index contributed by atoms with van der Waals surface area (Å²) in [6, 6.07) is 3.90. The third-order valence-electron chi connectivity index (χ3n) is 7.90. The Morgan fingerprint density at radius 3 is 2.72 bits per heavy atom. The number of aliphatic hydroxyl groups is 1. The van der Waals surface area contributed by atoms with Gasteiger partial charge in [0.2, 0.25) is 5.91 Å². The predicted molar refractivity (Wildman–Crippen MR) is 122 cm³/mol. The molecule has 0 aromatic carbocycles. The van der Waals surface area contributed by atoms with Gasteiger partial charge >= 0.3 is 0 Å². The first-order valence-corrected chi connectivity index (χ1v) is 12.3. The van der Waals surface area contributed by atoms with E-state index in [1.165, 1.54) is 12.0 Å². The van der Waals surface area contributed by atoms with Crippen LogP contribution in [0.25, 0.3) is 5.57 Å². The lowest BCUT2D eigenvalue weighted by Crippen LogP contribution is -2.47. The van der Waals surface area contributed by atoms with Crippen LogP contribution in [0.2, 0.25) is 0 Å². The average molecular weight is 442 g/mol. The van der Waals surface area contributed by atoms with Crippen molar-refractivity contribution in [3.63, 3.8) is 0 Å². The summed E-state index contributed by atoms with van der Waals surface area (Å²) in [5.74, 6) is -0.401. The largest absolute Gasteiger partial charge is 0.396 e. The molecular weight excluding hydrogens is 406 g/mol. The van der Waals surface area contributed by atoms with Crippen molar-refractivity contribution in [2.45, 2.75) is 57.7 Å². The van der Waals surface area contributed by atoms with Crippen LogP contribution in [-0.2, 0) is 16.1 Å². The van der Waals surface area contributed by atoms with Gasteiger partial charge in [-0.25, -0.2) is 0 Å². The van der Waals surface area contributed by atoms with Crippen LogP contribution in [0.1, 0.15) is 56.3 Å². The molecule has 0 radical (unpaired) electrons. The zero-order chi connectivity index (χ0) is 22.2. The van der Waals surface area contributed by atoms with Crippen LogP contribution < -0.4 is 5.56 Å². The lowest BCUT2D eigenvalue weighted by atomic mass is 9.86. The van der Waals surface area contributed by atoms with Crippen molar-refractivity contribution in [2.75, 3.05) is 39.5 Å². The Morgan fingerprint density at radius 2 is 2.03 bits per heavy atom. The number of allylic oxidation sites excluding steroid dienone is 2. The summed E-state index contributed by atoms with van der Waals surface area (Å²) in [6.07, 6.45) is 7.50. The second-order valence-corrected chi connectivity index (χ2v) is 9.62. The van der Waals surface area contributed by atoms with E-state index in [0.717, 1.165) is 43.5 Å². The van der Waals surface area contributed by atoms with Crippen molar-refractivity contribution < 1.29 is 14.6 Å². The van der Waals surface area contributed by atoms with Gasteiger partial charge in [-0.05, 0) is 56.4 Å². The zero-order valence-corrected chi connectivity index (χ0v) is 19.0. The fourth-order valence-electron chi connectivity index (χ4n) is 6.39. The fraction of sp³-hybridized carbons (Fsp3) is 0.680. The summed E-state index contributed by atoms with van der Waals surface area (Å²) < 4.78 is 7.37. The molecule has 1 amide bonds. The minimum atomic E-state index is -0.331. The van der Waals surface area contributed by atoms with Gasteiger partial charge in [0.15, 0.2) is 0 Å². The molecule has 0 unspecified atom stereocenters. The number of pyridine rings is 1. The van der Waals surface area contributed by atoms with Gasteiger partial charge in [0.1, 0.15) is 0 Å². The number of fused-ring (bicyclic) bond motifs is 4. The predicted octanol–water partition coefficient (Wildman–Crippen LogP) is 2.04. The van der Waals surface area contributed by atoms with Crippen molar-refractivity contribution in [3.8, 4) is 0 Å². The topological polar surface area (TPSA) is 75.0 Å². The summed E-state index contributed by atoms with van der Waals surface area (Å²) in [5, 5.41) is 10.4. The number of nitrogens with zero attached hydrogens (tertiary/aromatic N) is 3. The zero-order valence-electron chi connectivity index (χ0n) is 19.0. The molecule has 174 valence electrons. The molecule has 1 aromatic heterocycles. The minimum absolute atomic E-state index is 0.000672. The van der Waals surface area contributed by atoms with E-state index in [2.05, 4.69) is 24.0 Å². The number of aromatic nitrogens is 1. The first-order valence-electron chi connectivity index (χ1n) is 12.3.